The third-order valence-corrected chi connectivity index (χ3v) is 4.00. The number of carboxylic acid groups (broad SMARTS) is 1. The highest BCUT2D eigenvalue weighted by atomic mass is 79.9. The molecule has 0 amide bonds. The predicted octanol–water partition coefficient (Wildman–Crippen LogP) is 2.61. The summed E-state index contributed by atoms with van der Waals surface area (Å²) in [5.74, 6) is -0.711. The fourth-order valence-electron chi connectivity index (χ4n) is 2.66. The molecule has 18 heavy (non-hydrogen) atoms. The summed E-state index contributed by atoms with van der Waals surface area (Å²) < 4.78 is 1.02. The summed E-state index contributed by atoms with van der Waals surface area (Å²) in [7, 11) is 0. The number of hydrogen-bond acceptors (Lipinski definition) is 2. The third kappa shape index (κ3) is 3.33. The first-order valence-electron chi connectivity index (χ1n) is 6.26. The first-order chi connectivity index (χ1) is 8.56. The van der Waals surface area contributed by atoms with Gasteiger partial charge in [0.25, 0.3) is 0 Å². The molecule has 2 atom stereocenters. The van der Waals surface area contributed by atoms with E-state index in [0.29, 0.717) is 6.42 Å². The summed E-state index contributed by atoms with van der Waals surface area (Å²) in [4.78, 5) is 11.4. The van der Waals surface area contributed by atoms with Gasteiger partial charge in [-0.2, -0.15) is 0 Å². The highest BCUT2D eigenvalue weighted by molar-refractivity contribution is 9.10. The molecule has 2 N–H and O–H groups in total. The molecule has 0 unspecified atom stereocenters. The van der Waals surface area contributed by atoms with Crippen molar-refractivity contribution in [3.8, 4) is 0 Å². The average Bonchev–Trinajstić information content (AvgIpc) is 2.77. The molecule has 1 aromatic rings. The molecule has 1 fully saturated rings. The van der Waals surface area contributed by atoms with Crippen LogP contribution in [-0.2, 0) is 11.2 Å². The largest absolute Gasteiger partial charge is 0.481 e. The molecule has 0 spiro atoms. The number of nitrogens with one attached hydrogen (secondary N) is 1. The number of aliphatic carboxylic acids is 1. The van der Waals surface area contributed by atoms with Crippen molar-refractivity contribution >= 4 is 21.9 Å². The van der Waals surface area contributed by atoms with E-state index >= 15 is 0 Å². The Labute approximate surface area is 116 Å². The minimum Gasteiger partial charge on any atom is -0.481 e. The average molecular weight is 312 g/mol. The lowest BCUT2D eigenvalue weighted by molar-refractivity contribution is -0.143. The van der Waals surface area contributed by atoms with Crippen LogP contribution in [-0.4, -0.2) is 24.2 Å². The molecule has 3 nitrogen and oxygen atoms in total. The zero-order valence-electron chi connectivity index (χ0n) is 10.4. The van der Waals surface area contributed by atoms with E-state index in [1.54, 1.807) is 0 Å². The Morgan fingerprint density at radius 1 is 1.56 bits per heavy atom. The highest BCUT2D eigenvalue weighted by Gasteiger charge is 2.30. The second-order valence-electron chi connectivity index (χ2n) is 5.04. The lowest BCUT2D eigenvalue weighted by Crippen LogP contribution is -2.27. The maximum Gasteiger partial charge on any atom is 0.307 e. The zero-order chi connectivity index (χ0) is 13.1. The molecule has 0 saturated carbocycles. The maximum absolute atomic E-state index is 11.4. The van der Waals surface area contributed by atoms with Crippen molar-refractivity contribution in [2.75, 3.05) is 13.1 Å². The predicted molar refractivity (Wildman–Crippen MR) is 74.7 cm³/mol. The molecular weight excluding hydrogens is 294 g/mol. The Hall–Kier alpha value is -0.870. The van der Waals surface area contributed by atoms with Crippen molar-refractivity contribution < 1.29 is 9.90 Å². The Morgan fingerprint density at radius 3 is 2.89 bits per heavy atom. The van der Waals surface area contributed by atoms with Crippen LogP contribution in [0.25, 0.3) is 0 Å². The molecule has 1 saturated heterocycles. The van der Waals surface area contributed by atoms with Gasteiger partial charge in [-0.25, -0.2) is 0 Å². The molecule has 1 aliphatic rings. The SMILES string of the molecule is Cc1cc(Br)cc(C[C@H](C(=O)O)[C@H]2CCNC2)c1. The number of carboxylic acids is 1. The van der Waals surface area contributed by atoms with Crippen molar-refractivity contribution in [2.45, 2.75) is 19.8 Å². The van der Waals surface area contributed by atoms with E-state index in [1.807, 2.05) is 19.1 Å². The fraction of sp³-hybridized carbons (Fsp3) is 0.500. The van der Waals surface area contributed by atoms with Crippen molar-refractivity contribution in [1.29, 1.82) is 0 Å². The van der Waals surface area contributed by atoms with Gasteiger partial charge in [0, 0.05) is 4.47 Å². The molecule has 0 radical (unpaired) electrons. The van der Waals surface area contributed by atoms with Crippen molar-refractivity contribution in [3.05, 3.63) is 33.8 Å². The fourth-order valence-corrected chi connectivity index (χ4v) is 3.31. The van der Waals surface area contributed by atoms with Gasteiger partial charge in [0.1, 0.15) is 0 Å². The van der Waals surface area contributed by atoms with Crippen LogP contribution in [0.2, 0.25) is 0 Å². The Morgan fingerprint density at radius 2 is 2.33 bits per heavy atom. The van der Waals surface area contributed by atoms with Crippen molar-refractivity contribution in [3.63, 3.8) is 0 Å². The summed E-state index contributed by atoms with van der Waals surface area (Å²) >= 11 is 3.46. The minimum absolute atomic E-state index is 0.252. The molecule has 4 heteroatoms. The molecule has 1 aromatic carbocycles. The monoisotopic (exact) mass is 311 g/mol. The van der Waals surface area contributed by atoms with Gasteiger partial charge in [0.15, 0.2) is 0 Å². The first kappa shape index (κ1) is 13.6. The van der Waals surface area contributed by atoms with Crippen LogP contribution in [0, 0.1) is 18.8 Å². The summed E-state index contributed by atoms with van der Waals surface area (Å²) in [6.45, 7) is 3.79. The van der Waals surface area contributed by atoms with E-state index in [1.165, 1.54) is 0 Å². The van der Waals surface area contributed by atoms with Gasteiger partial charge in [-0.3, -0.25) is 4.79 Å². The normalized spacial score (nSPS) is 20.9. The minimum atomic E-state index is -0.679. The summed E-state index contributed by atoms with van der Waals surface area (Å²) in [5.41, 5.74) is 2.26. The highest BCUT2D eigenvalue weighted by Crippen LogP contribution is 2.25. The number of benzene rings is 1. The number of aryl methyl sites for hydroxylation is 1. The quantitative estimate of drug-likeness (QED) is 0.898. The number of halogens is 1. The van der Waals surface area contributed by atoms with E-state index in [9.17, 15) is 9.90 Å². The number of rotatable bonds is 4. The molecule has 0 bridgehead atoms. The van der Waals surface area contributed by atoms with E-state index < -0.39 is 5.97 Å². The lowest BCUT2D eigenvalue weighted by atomic mass is 9.86. The molecule has 0 aliphatic carbocycles. The van der Waals surface area contributed by atoms with Gasteiger partial charge in [-0.15, -0.1) is 0 Å². The third-order valence-electron chi connectivity index (χ3n) is 3.54. The number of carbonyl (C=O) groups is 1. The van der Waals surface area contributed by atoms with Crippen molar-refractivity contribution in [1.82, 2.24) is 5.32 Å². The van der Waals surface area contributed by atoms with Crippen molar-refractivity contribution in [2.24, 2.45) is 11.8 Å². The van der Waals surface area contributed by atoms with Gasteiger partial charge < -0.3 is 10.4 Å². The van der Waals surface area contributed by atoms with Crippen LogP contribution in [0.1, 0.15) is 17.5 Å². The molecule has 2 rings (SSSR count). The summed E-state index contributed by atoms with van der Waals surface area (Å²) in [5, 5.41) is 12.6. The van der Waals surface area contributed by atoms with E-state index in [4.69, 9.17) is 0 Å². The first-order valence-corrected chi connectivity index (χ1v) is 7.05. The topological polar surface area (TPSA) is 49.3 Å². The molecular formula is C14H18BrNO2. The zero-order valence-corrected chi connectivity index (χ0v) is 12.0. The van der Waals surface area contributed by atoms with Crippen LogP contribution in [0.5, 0.6) is 0 Å². The van der Waals surface area contributed by atoms with Gasteiger partial charge >= 0.3 is 5.97 Å². The van der Waals surface area contributed by atoms with Gasteiger partial charge in [-0.1, -0.05) is 22.0 Å². The van der Waals surface area contributed by atoms with Gasteiger partial charge in [0.2, 0.25) is 0 Å². The van der Waals surface area contributed by atoms with Crippen LogP contribution in [0.4, 0.5) is 0 Å². The summed E-state index contributed by atoms with van der Waals surface area (Å²) in [6.07, 6.45) is 1.58. The smallest absolute Gasteiger partial charge is 0.307 e. The molecule has 0 aromatic heterocycles. The maximum atomic E-state index is 11.4. The second-order valence-corrected chi connectivity index (χ2v) is 5.95. The molecule has 1 heterocycles. The van der Waals surface area contributed by atoms with E-state index in [2.05, 4.69) is 27.3 Å². The van der Waals surface area contributed by atoms with Gasteiger partial charge in [-0.05, 0) is 62.0 Å². The Kier molecular flexibility index (Phi) is 4.40. The van der Waals surface area contributed by atoms with Crippen LogP contribution >= 0.6 is 15.9 Å². The van der Waals surface area contributed by atoms with Crippen LogP contribution in [0.3, 0.4) is 0 Å². The Bertz CT molecular complexity index is 421. The summed E-state index contributed by atoms with van der Waals surface area (Å²) in [6, 6.07) is 6.13. The second kappa shape index (κ2) is 5.85. The van der Waals surface area contributed by atoms with Crippen LogP contribution < -0.4 is 5.32 Å². The van der Waals surface area contributed by atoms with Crippen LogP contribution in [0.15, 0.2) is 22.7 Å². The number of hydrogen-bond donors (Lipinski definition) is 2. The van der Waals surface area contributed by atoms with Gasteiger partial charge in [0.05, 0.1) is 5.92 Å². The lowest BCUT2D eigenvalue weighted by Gasteiger charge is -2.19. The molecule has 98 valence electrons. The van der Waals surface area contributed by atoms with E-state index in [0.717, 1.165) is 35.1 Å². The standard InChI is InChI=1S/C14H18BrNO2/c1-9-4-10(6-12(15)5-9)7-13(14(17)18)11-2-3-16-8-11/h4-6,11,13,16H,2-3,7-8H2,1H3,(H,17,18)/t11-,13-/m0/s1. The van der Waals surface area contributed by atoms with E-state index in [-0.39, 0.29) is 11.8 Å². The Balaban J connectivity index is 2.15. The molecule has 1 aliphatic heterocycles.